The minimum Gasteiger partial charge on any atom is -0.454 e. The minimum atomic E-state index is -0.522. The number of aromatic nitrogens is 3. The second-order valence-electron chi connectivity index (χ2n) is 6.02. The molecule has 0 saturated heterocycles. The number of rotatable bonds is 5. The normalized spacial score (nSPS) is 12.6. The Morgan fingerprint density at radius 3 is 2.96 bits per heavy atom. The van der Waals surface area contributed by atoms with Gasteiger partial charge in [-0.3, -0.25) is 9.59 Å². The van der Waals surface area contributed by atoms with Gasteiger partial charge in [0.1, 0.15) is 11.3 Å². The molecular weight excluding hydrogens is 367 g/mol. The van der Waals surface area contributed by atoms with Crippen LogP contribution in [-0.2, 0) is 11.3 Å². The molecule has 1 N–H and O–H groups in total. The molecule has 9 heteroatoms. The average molecular weight is 382 g/mol. The maximum atomic E-state index is 13.3. The fourth-order valence-corrected chi connectivity index (χ4v) is 2.73. The van der Waals surface area contributed by atoms with Crippen molar-refractivity contribution in [1.82, 2.24) is 20.3 Å². The van der Waals surface area contributed by atoms with Crippen LogP contribution in [0.15, 0.2) is 47.3 Å². The smallest absolute Gasteiger partial charge is 0.277 e. The van der Waals surface area contributed by atoms with E-state index in [4.69, 9.17) is 9.47 Å². The Morgan fingerprint density at radius 2 is 2.07 bits per heavy atom. The zero-order chi connectivity index (χ0) is 19.5. The lowest BCUT2D eigenvalue weighted by Crippen LogP contribution is -2.31. The molecule has 142 valence electrons. The van der Waals surface area contributed by atoms with E-state index < -0.39 is 11.4 Å². The summed E-state index contributed by atoms with van der Waals surface area (Å²) in [4.78, 5) is 24.3. The summed E-state index contributed by atoms with van der Waals surface area (Å²) in [5.41, 5.74) is 0.644. The second-order valence-corrected chi connectivity index (χ2v) is 6.02. The quantitative estimate of drug-likeness (QED) is 0.672. The lowest BCUT2D eigenvalue weighted by molar-refractivity contribution is -0.116. The van der Waals surface area contributed by atoms with Crippen molar-refractivity contribution in [3.05, 3.63) is 64.2 Å². The molecule has 0 aliphatic carbocycles. The number of carbonyl (C=O) groups is 1. The molecule has 4 rings (SSSR count). The molecule has 0 spiro atoms. The second kappa shape index (κ2) is 7.47. The largest absolute Gasteiger partial charge is 0.454 e. The van der Waals surface area contributed by atoms with E-state index >= 15 is 0 Å². The molecule has 1 aromatic heterocycles. The predicted molar refractivity (Wildman–Crippen MR) is 98.4 cm³/mol. The minimum absolute atomic E-state index is 0.113. The molecule has 2 heterocycles. The summed E-state index contributed by atoms with van der Waals surface area (Å²) < 4.78 is 24.9. The predicted octanol–water partition coefficient (Wildman–Crippen LogP) is 1.49. The van der Waals surface area contributed by atoms with Crippen LogP contribution in [0.4, 0.5) is 4.39 Å². The summed E-state index contributed by atoms with van der Waals surface area (Å²) in [7, 11) is 0. The van der Waals surface area contributed by atoms with Crippen molar-refractivity contribution in [2.24, 2.45) is 0 Å². The molecular formula is C19H15FN4O4. The summed E-state index contributed by atoms with van der Waals surface area (Å²) >= 11 is 0. The van der Waals surface area contributed by atoms with E-state index in [0.29, 0.717) is 17.0 Å². The molecule has 0 unspecified atom stereocenters. The van der Waals surface area contributed by atoms with Crippen molar-refractivity contribution in [3.8, 4) is 11.5 Å². The zero-order valence-electron chi connectivity index (χ0n) is 14.6. The number of nitrogens with zero attached hydrogens (tertiary/aromatic N) is 3. The van der Waals surface area contributed by atoms with Crippen LogP contribution in [0.25, 0.3) is 17.0 Å². The Bertz CT molecular complexity index is 1140. The van der Waals surface area contributed by atoms with Gasteiger partial charge in [-0.25, -0.2) is 9.07 Å². The highest BCUT2D eigenvalue weighted by Gasteiger charge is 2.12. The third kappa shape index (κ3) is 3.68. The number of fused-ring (bicyclic) bond motifs is 2. The Kier molecular flexibility index (Phi) is 4.71. The van der Waals surface area contributed by atoms with Crippen LogP contribution in [0.5, 0.6) is 11.5 Å². The van der Waals surface area contributed by atoms with Crippen LogP contribution >= 0.6 is 0 Å². The zero-order valence-corrected chi connectivity index (χ0v) is 14.6. The average Bonchev–Trinajstić information content (AvgIpc) is 3.16. The summed E-state index contributed by atoms with van der Waals surface area (Å²) in [6.45, 7) is 0.467. The molecule has 8 nitrogen and oxygen atoms in total. The topological polar surface area (TPSA) is 95.3 Å². The highest BCUT2D eigenvalue weighted by atomic mass is 19.1. The van der Waals surface area contributed by atoms with E-state index in [9.17, 15) is 14.0 Å². The Hall–Kier alpha value is -3.75. The van der Waals surface area contributed by atoms with Crippen LogP contribution in [0.3, 0.4) is 0 Å². The first-order valence-corrected chi connectivity index (χ1v) is 8.49. The lowest BCUT2D eigenvalue weighted by Gasteiger charge is -2.05. The summed E-state index contributed by atoms with van der Waals surface area (Å²) in [6.07, 6.45) is 3.02. The highest BCUT2D eigenvalue weighted by Crippen LogP contribution is 2.32. The third-order valence-electron chi connectivity index (χ3n) is 4.13. The van der Waals surface area contributed by atoms with E-state index in [0.717, 1.165) is 16.3 Å². The number of benzene rings is 2. The molecule has 1 aliphatic rings. The van der Waals surface area contributed by atoms with Gasteiger partial charge in [0.2, 0.25) is 12.7 Å². The van der Waals surface area contributed by atoms with Gasteiger partial charge in [0.05, 0.1) is 11.9 Å². The van der Waals surface area contributed by atoms with E-state index in [1.807, 2.05) is 0 Å². The van der Waals surface area contributed by atoms with Gasteiger partial charge in [-0.05, 0) is 42.0 Å². The van der Waals surface area contributed by atoms with Gasteiger partial charge < -0.3 is 14.8 Å². The number of ether oxygens (including phenoxy) is 2. The first-order valence-electron chi connectivity index (χ1n) is 8.49. The third-order valence-corrected chi connectivity index (χ3v) is 4.13. The van der Waals surface area contributed by atoms with Crippen LogP contribution in [0.1, 0.15) is 5.56 Å². The van der Waals surface area contributed by atoms with Gasteiger partial charge in [-0.15, -0.1) is 5.10 Å². The number of carbonyl (C=O) groups excluding carboxylic acids is 1. The SMILES string of the molecule is O=C(C=Cc1ccc2c(c1)OCO2)NCCn1nnc2ccc(F)cc2c1=O. The summed E-state index contributed by atoms with van der Waals surface area (Å²) in [5.74, 6) is 0.452. The standard InChI is InChI=1S/C19H15FN4O4/c20-13-3-4-15-14(10-13)19(26)24(23-22-15)8-7-21-18(25)6-2-12-1-5-16-17(9-12)28-11-27-16/h1-6,9-10H,7-8,11H2,(H,21,25). The monoisotopic (exact) mass is 382 g/mol. The van der Waals surface area contributed by atoms with Crippen molar-refractivity contribution >= 4 is 22.9 Å². The molecule has 0 fully saturated rings. The van der Waals surface area contributed by atoms with Crippen LogP contribution in [0, 0.1) is 5.82 Å². The molecule has 0 bridgehead atoms. The molecule has 1 aliphatic heterocycles. The molecule has 0 saturated carbocycles. The molecule has 1 amide bonds. The maximum absolute atomic E-state index is 13.3. The number of nitrogens with one attached hydrogen (secondary N) is 1. The number of hydrogen-bond donors (Lipinski definition) is 1. The Morgan fingerprint density at radius 1 is 1.21 bits per heavy atom. The van der Waals surface area contributed by atoms with Crippen LogP contribution < -0.4 is 20.3 Å². The summed E-state index contributed by atoms with van der Waals surface area (Å²) in [6, 6.07) is 9.08. The van der Waals surface area contributed by atoms with Crippen molar-refractivity contribution in [2.45, 2.75) is 6.54 Å². The fourth-order valence-electron chi connectivity index (χ4n) is 2.73. The molecule has 2 aromatic carbocycles. The molecule has 0 atom stereocenters. The lowest BCUT2D eigenvalue weighted by atomic mass is 10.2. The number of halogens is 1. The van der Waals surface area contributed by atoms with Gasteiger partial charge in [0.25, 0.3) is 5.56 Å². The first kappa shape index (κ1) is 17.7. The molecule has 28 heavy (non-hydrogen) atoms. The van der Waals surface area contributed by atoms with Crippen molar-refractivity contribution in [3.63, 3.8) is 0 Å². The van der Waals surface area contributed by atoms with Gasteiger partial charge in [0, 0.05) is 12.6 Å². The Balaban J connectivity index is 1.36. The highest BCUT2D eigenvalue weighted by molar-refractivity contribution is 5.91. The summed E-state index contributed by atoms with van der Waals surface area (Å²) in [5, 5.41) is 10.5. The van der Waals surface area contributed by atoms with Gasteiger partial charge in [-0.1, -0.05) is 11.3 Å². The van der Waals surface area contributed by atoms with E-state index in [2.05, 4.69) is 15.6 Å². The maximum Gasteiger partial charge on any atom is 0.277 e. The van der Waals surface area contributed by atoms with Gasteiger partial charge in [-0.2, -0.15) is 0 Å². The van der Waals surface area contributed by atoms with Crippen molar-refractivity contribution < 1.29 is 18.7 Å². The van der Waals surface area contributed by atoms with Crippen molar-refractivity contribution in [2.75, 3.05) is 13.3 Å². The van der Waals surface area contributed by atoms with Crippen LogP contribution in [-0.4, -0.2) is 34.2 Å². The molecule has 3 aromatic rings. The molecule has 0 radical (unpaired) electrons. The van der Waals surface area contributed by atoms with Crippen molar-refractivity contribution in [1.29, 1.82) is 0 Å². The van der Waals surface area contributed by atoms with Crippen LogP contribution in [0.2, 0.25) is 0 Å². The van der Waals surface area contributed by atoms with E-state index in [-0.39, 0.29) is 31.2 Å². The first-order chi connectivity index (χ1) is 13.6. The van der Waals surface area contributed by atoms with Gasteiger partial charge >= 0.3 is 0 Å². The Labute approximate surface area is 158 Å². The van der Waals surface area contributed by atoms with E-state index in [1.54, 1.807) is 24.3 Å². The number of amides is 1. The van der Waals surface area contributed by atoms with E-state index in [1.165, 1.54) is 18.2 Å². The number of hydrogen-bond acceptors (Lipinski definition) is 6. The fraction of sp³-hybridized carbons (Fsp3) is 0.158. The van der Waals surface area contributed by atoms with Gasteiger partial charge in [0.15, 0.2) is 11.5 Å².